The highest BCUT2D eigenvalue weighted by molar-refractivity contribution is 5.79. The summed E-state index contributed by atoms with van der Waals surface area (Å²) >= 11 is 0. The lowest BCUT2D eigenvalue weighted by Crippen LogP contribution is -2.13. The molecule has 0 saturated heterocycles. The number of nitrogens with two attached hydrogens (primary N) is 2. The summed E-state index contributed by atoms with van der Waals surface area (Å²) in [5.74, 6) is 0.732. The molecule has 2 rings (SSSR count). The summed E-state index contributed by atoms with van der Waals surface area (Å²) in [7, 11) is 1.96. The predicted molar refractivity (Wildman–Crippen MR) is 78.1 cm³/mol. The van der Waals surface area contributed by atoms with E-state index >= 15 is 0 Å². The number of hydrogen-bond donors (Lipinski definition) is 2. The zero-order valence-electron chi connectivity index (χ0n) is 11.6. The van der Waals surface area contributed by atoms with Gasteiger partial charge in [-0.3, -0.25) is 4.79 Å². The Morgan fingerprint density at radius 3 is 3.00 bits per heavy atom. The van der Waals surface area contributed by atoms with E-state index in [0.29, 0.717) is 19.4 Å². The number of ether oxygens (including phenoxy) is 1. The van der Waals surface area contributed by atoms with Gasteiger partial charge in [-0.2, -0.15) is 0 Å². The highest BCUT2D eigenvalue weighted by atomic mass is 16.5. The maximum Gasteiger partial charge on any atom is 0.305 e. The van der Waals surface area contributed by atoms with Crippen molar-refractivity contribution in [1.82, 2.24) is 9.55 Å². The second-order valence-corrected chi connectivity index (χ2v) is 4.70. The summed E-state index contributed by atoms with van der Waals surface area (Å²) < 4.78 is 6.94. The Morgan fingerprint density at radius 1 is 1.45 bits per heavy atom. The first-order valence-corrected chi connectivity index (χ1v) is 6.68. The molecule has 0 aliphatic heterocycles. The Labute approximate surface area is 117 Å². The third-order valence-corrected chi connectivity index (χ3v) is 3.16. The van der Waals surface area contributed by atoms with Crippen molar-refractivity contribution in [3.8, 4) is 0 Å². The van der Waals surface area contributed by atoms with Gasteiger partial charge in [0.05, 0.1) is 11.0 Å². The van der Waals surface area contributed by atoms with Crippen LogP contribution in [0.15, 0.2) is 18.2 Å². The smallest absolute Gasteiger partial charge is 0.305 e. The second-order valence-electron chi connectivity index (χ2n) is 4.70. The molecule has 1 heterocycles. The fourth-order valence-electron chi connectivity index (χ4n) is 2.12. The molecule has 6 nitrogen and oxygen atoms in total. The van der Waals surface area contributed by atoms with Crippen LogP contribution in [0.5, 0.6) is 0 Å². The van der Waals surface area contributed by atoms with Crippen LogP contribution in [-0.4, -0.2) is 28.7 Å². The number of nitrogen functional groups attached to an aromatic ring is 1. The van der Waals surface area contributed by atoms with Crippen LogP contribution in [-0.2, 0) is 23.0 Å². The monoisotopic (exact) mass is 276 g/mol. The maximum atomic E-state index is 11.4. The van der Waals surface area contributed by atoms with Gasteiger partial charge in [-0.05, 0) is 24.6 Å². The van der Waals surface area contributed by atoms with Gasteiger partial charge in [0.2, 0.25) is 0 Å². The van der Waals surface area contributed by atoms with E-state index in [2.05, 4.69) is 4.98 Å². The molecular weight excluding hydrogens is 256 g/mol. The van der Waals surface area contributed by atoms with Gasteiger partial charge >= 0.3 is 5.97 Å². The van der Waals surface area contributed by atoms with Crippen molar-refractivity contribution in [3.05, 3.63) is 24.0 Å². The SMILES string of the molecule is Cn1c(CCCC(=O)OCCN)nc2ccc(N)cc21. The highest BCUT2D eigenvalue weighted by Crippen LogP contribution is 2.19. The fraction of sp³-hybridized carbons (Fsp3) is 0.429. The van der Waals surface area contributed by atoms with E-state index < -0.39 is 0 Å². The largest absolute Gasteiger partial charge is 0.464 e. The number of aryl methyl sites for hydroxylation is 2. The molecule has 6 heteroatoms. The highest BCUT2D eigenvalue weighted by Gasteiger charge is 2.09. The number of benzene rings is 1. The first-order valence-electron chi connectivity index (χ1n) is 6.68. The molecule has 108 valence electrons. The van der Waals surface area contributed by atoms with E-state index in [0.717, 1.165) is 29.0 Å². The summed E-state index contributed by atoms with van der Waals surface area (Å²) in [5.41, 5.74) is 13.7. The molecule has 0 spiro atoms. The Hall–Kier alpha value is -2.08. The molecule has 0 unspecified atom stereocenters. The zero-order chi connectivity index (χ0) is 14.5. The van der Waals surface area contributed by atoms with Gasteiger partial charge in [0, 0.05) is 32.1 Å². The molecule has 0 aliphatic carbocycles. The number of imidazole rings is 1. The summed E-state index contributed by atoms with van der Waals surface area (Å²) in [6.45, 7) is 0.641. The summed E-state index contributed by atoms with van der Waals surface area (Å²) in [4.78, 5) is 15.9. The lowest BCUT2D eigenvalue weighted by atomic mass is 10.2. The molecule has 4 N–H and O–H groups in total. The van der Waals surface area contributed by atoms with Crippen molar-refractivity contribution in [2.75, 3.05) is 18.9 Å². The van der Waals surface area contributed by atoms with E-state index in [1.54, 1.807) is 0 Å². The van der Waals surface area contributed by atoms with Gasteiger partial charge in [0.1, 0.15) is 12.4 Å². The second kappa shape index (κ2) is 6.38. The molecule has 20 heavy (non-hydrogen) atoms. The van der Waals surface area contributed by atoms with Crippen molar-refractivity contribution < 1.29 is 9.53 Å². The number of hydrogen-bond acceptors (Lipinski definition) is 5. The molecular formula is C14H20N4O2. The minimum atomic E-state index is -0.210. The van der Waals surface area contributed by atoms with Gasteiger partial charge < -0.3 is 20.8 Å². The Morgan fingerprint density at radius 2 is 2.25 bits per heavy atom. The van der Waals surface area contributed by atoms with Crippen LogP contribution in [0.4, 0.5) is 5.69 Å². The Bertz CT molecular complexity index is 606. The van der Waals surface area contributed by atoms with Gasteiger partial charge in [0.15, 0.2) is 0 Å². The summed E-state index contributed by atoms with van der Waals surface area (Å²) in [6, 6.07) is 5.65. The Balaban J connectivity index is 1.96. The molecule has 0 amide bonds. The van der Waals surface area contributed by atoms with E-state index in [9.17, 15) is 4.79 Å². The standard InChI is InChI=1S/C14H20N4O2/c1-18-12-9-10(16)5-6-11(12)17-13(18)3-2-4-14(19)20-8-7-15/h5-6,9H,2-4,7-8,15-16H2,1H3. The van der Waals surface area contributed by atoms with Crippen LogP contribution in [0, 0.1) is 0 Å². The maximum absolute atomic E-state index is 11.4. The molecule has 0 saturated carbocycles. The van der Waals surface area contributed by atoms with E-state index in [1.807, 2.05) is 29.8 Å². The van der Waals surface area contributed by atoms with Gasteiger partial charge in [-0.1, -0.05) is 0 Å². The molecule has 0 fully saturated rings. The lowest BCUT2D eigenvalue weighted by molar-refractivity contribution is -0.143. The van der Waals surface area contributed by atoms with Crippen LogP contribution < -0.4 is 11.5 Å². The molecule has 2 aromatic rings. The molecule has 1 aromatic carbocycles. The van der Waals surface area contributed by atoms with Crippen molar-refractivity contribution in [3.63, 3.8) is 0 Å². The van der Waals surface area contributed by atoms with E-state index in [-0.39, 0.29) is 12.6 Å². The van der Waals surface area contributed by atoms with Gasteiger partial charge in [-0.25, -0.2) is 4.98 Å². The molecule has 0 atom stereocenters. The first-order chi connectivity index (χ1) is 9.61. The van der Waals surface area contributed by atoms with E-state index in [1.165, 1.54) is 0 Å². The normalized spacial score (nSPS) is 10.9. The van der Waals surface area contributed by atoms with Crippen LogP contribution in [0.1, 0.15) is 18.7 Å². The number of fused-ring (bicyclic) bond motifs is 1. The first kappa shape index (κ1) is 14.3. The lowest BCUT2D eigenvalue weighted by Gasteiger charge is -2.04. The number of rotatable bonds is 6. The van der Waals surface area contributed by atoms with Crippen LogP contribution in [0.25, 0.3) is 11.0 Å². The quantitative estimate of drug-likeness (QED) is 0.605. The summed E-state index contributed by atoms with van der Waals surface area (Å²) in [6.07, 6.45) is 1.81. The number of nitrogens with zero attached hydrogens (tertiary/aromatic N) is 2. The molecule has 1 aromatic heterocycles. The van der Waals surface area contributed by atoms with Crippen molar-refractivity contribution in [2.24, 2.45) is 12.8 Å². The summed E-state index contributed by atoms with van der Waals surface area (Å²) in [5, 5.41) is 0. The number of carbonyl (C=O) groups excluding carboxylic acids is 1. The third-order valence-electron chi connectivity index (χ3n) is 3.16. The van der Waals surface area contributed by atoms with Crippen molar-refractivity contribution in [2.45, 2.75) is 19.3 Å². The van der Waals surface area contributed by atoms with E-state index in [4.69, 9.17) is 16.2 Å². The zero-order valence-corrected chi connectivity index (χ0v) is 11.6. The topological polar surface area (TPSA) is 96.2 Å². The molecule has 0 bridgehead atoms. The minimum absolute atomic E-state index is 0.210. The number of aromatic nitrogens is 2. The predicted octanol–water partition coefficient (Wildman–Crippen LogP) is 0.980. The van der Waals surface area contributed by atoms with Gasteiger partial charge in [0.25, 0.3) is 0 Å². The molecule has 0 radical (unpaired) electrons. The fourth-order valence-corrected chi connectivity index (χ4v) is 2.12. The average molecular weight is 276 g/mol. The number of esters is 1. The van der Waals surface area contributed by atoms with Crippen molar-refractivity contribution in [1.29, 1.82) is 0 Å². The van der Waals surface area contributed by atoms with Crippen LogP contribution >= 0.6 is 0 Å². The Kier molecular flexibility index (Phi) is 4.57. The number of anilines is 1. The van der Waals surface area contributed by atoms with Crippen LogP contribution in [0.2, 0.25) is 0 Å². The van der Waals surface area contributed by atoms with Crippen molar-refractivity contribution >= 4 is 22.7 Å². The molecule has 0 aliphatic rings. The average Bonchev–Trinajstić information content (AvgIpc) is 2.73. The minimum Gasteiger partial charge on any atom is -0.464 e. The number of carbonyl (C=O) groups is 1. The third kappa shape index (κ3) is 3.27. The van der Waals surface area contributed by atoms with Crippen LogP contribution in [0.3, 0.4) is 0 Å². The van der Waals surface area contributed by atoms with Gasteiger partial charge in [-0.15, -0.1) is 0 Å².